The number of hydrogen-bond donors (Lipinski definition) is 1. The Bertz CT molecular complexity index is 1130. The molecule has 3 aromatic carbocycles. The molecule has 1 N–H and O–H groups in total. The molecule has 0 heterocycles. The van der Waals surface area contributed by atoms with Gasteiger partial charge >= 0.3 is 0 Å². The van der Waals surface area contributed by atoms with Crippen LogP contribution in [0.25, 0.3) is 0 Å². The highest BCUT2D eigenvalue weighted by Crippen LogP contribution is 2.29. The normalized spacial score (nSPS) is 11.5. The molecule has 0 unspecified atom stereocenters. The number of sulfonamides is 1. The van der Waals surface area contributed by atoms with Crippen molar-refractivity contribution in [1.29, 1.82) is 0 Å². The van der Waals surface area contributed by atoms with E-state index in [1.54, 1.807) is 36.4 Å². The molecule has 0 spiro atoms. The number of carbonyl (C=O) groups excluding carboxylic acids is 1. The van der Waals surface area contributed by atoms with Crippen molar-refractivity contribution in [2.45, 2.75) is 18.4 Å². The summed E-state index contributed by atoms with van der Waals surface area (Å²) >= 11 is 12.1. The van der Waals surface area contributed by atoms with E-state index in [4.69, 9.17) is 23.2 Å². The molecule has 0 aromatic heterocycles. The van der Waals surface area contributed by atoms with Gasteiger partial charge in [-0.1, -0.05) is 77.3 Å². The Morgan fingerprint density at radius 2 is 1.60 bits per heavy atom. The van der Waals surface area contributed by atoms with Crippen molar-refractivity contribution in [2.75, 3.05) is 11.9 Å². The van der Waals surface area contributed by atoms with Gasteiger partial charge in [0.2, 0.25) is 15.9 Å². The molecular formula is C22H20Cl2N2O3S. The quantitative estimate of drug-likeness (QED) is 0.528. The first-order valence-corrected chi connectivity index (χ1v) is 11.3. The van der Waals surface area contributed by atoms with Gasteiger partial charge in [-0.15, -0.1) is 0 Å². The molecule has 0 fully saturated rings. The summed E-state index contributed by atoms with van der Waals surface area (Å²) in [5.74, 6) is -0.522. The molecule has 0 saturated carbocycles. The number of aryl methyl sites for hydroxylation is 1. The van der Waals surface area contributed by atoms with E-state index in [0.717, 1.165) is 15.4 Å². The van der Waals surface area contributed by atoms with E-state index in [9.17, 15) is 13.2 Å². The Labute approximate surface area is 186 Å². The molecule has 8 heteroatoms. The average molecular weight is 463 g/mol. The van der Waals surface area contributed by atoms with Crippen LogP contribution in [0.4, 0.5) is 5.69 Å². The van der Waals surface area contributed by atoms with Gasteiger partial charge < -0.3 is 5.32 Å². The molecule has 0 bridgehead atoms. The van der Waals surface area contributed by atoms with Crippen LogP contribution in [0.3, 0.4) is 0 Å². The Hall–Kier alpha value is -2.38. The van der Waals surface area contributed by atoms with Crippen molar-refractivity contribution >= 4 is 44.8 Å². The predicted molar refractivity (Wildman–Crippen MR) is 120 cm³/mol. The van der Waals surface area contributed by atoms with Gasteiger partial charge in [0.05, 0.1) is 27.2 Å². The van der Waals surface area contributed by atoms with Crippen LogP contribution in [0.5, 0.6) is 0 Å². The van der Waals surface area contributed by atoms with Crippen LogP contribution in [0.15, 0.2) is 77.7 Å². The van der Waals surface area contributed by atoms with Gasteiger partial charge in [0, 0.05) is 6.54 Å². The lowest BCUT2D eigenvalue weighted by molar-refractivity contribution is -0.116. The highest BCUT2D eigenvalue weighted by molar-refractivity contribution is 7.89. The SMILES string of the molecule is Cc1ccc(CN(CC(=O)Nc2cccc(Cl)c2Cl)S(=O)(=O)c2ccccc2)cc1. The third kappa shape index (κ3) is 5.40. The van der Waals surface area contributed by atoms with Gasteiger partial charge in [0.25, 0.3) is 0 Å². The molecular weight excluding hydrogens is 443 g/mol. The fraction of sp³-hybridized carbons (Fsp3) is 0.136. The Morgan fingerprint density at radius 3 is 2.27 bits per heavy atom. The number of halogens is 2. The number of nitrogens with one attached hydrogen (secondary N) is 1. The summed E-state index contributed by atoms with van der Waals surface area (Å²) in [6.45, 7) is 1.62. The van der Waals surface area contributed by atoms with E-state index in [0.29, 0.717) is 10.7 Å². The zero-order valence-electron chi connectivity index (χ0n) is 16.2. The van der Waals surface area contributed by atoms with Gasteiger partial charge in [-0.2, -0.15) is 4.31 Å². The molecule has 1 amide bonds. The van der Waals surface area contributed by atoms with Crippen LogP contribution in [-0.2, 0) is 21.4 Å². The van der Waals surface area contributed by atoms with Crippen molar-refractivity contribution in [1.82, 2.24) is 4.31 Å². The lowest BCUT2D eigenvalue weighted by Gasteiger charge is -2.22. The van der Waals surface area contributed by atoms with Crippen LogP contribution >= 0.6 is 23.2 Å². The van der Waals surface area contributed by atoms with Crippen molar-refractivity contribution in [2.24, 2.45) is 0 Å². The highest BCUT2D eigenvalue weighted by atomic mass is 35.5. The van der Waals surface area contributed by atoms with E-state index in [-0.39, 0.29) is 23.0 Å². The Kier molecular flexibility index (Phi) is 7.15. The molecule has 3 rings (SSSR count). The molecule has 5 nitrogen and oxygen atoms in total. The van der Waals surface area contributed by atoms with E-state index < -0.39 is 15.9 Å². The first kappa shape index (κ1) is 22.3. The second-order valence-electron chi connectivity index (χ2n) is 6.72. The van der Waals surface area contributed by atoms with Gasteiger partial charge in [0.1, 0.15) is 0 Å². The van der Waals surface area contributed by atoms with Crippen molar-refractivity contribution in [3.63, 3.8) is 0 Å². The van der Waals surface area contributed by atoms with E-state index in [1.807, 2.05) is 31.2 Å². The lowest BCUT2D eigenvalue weighted by Crippen LogP contribution is -2.37. The Morgan fingerprint density at radius 1 is 0.933 bits per heavy atom. The second kappa shape index (κ2) is 9.62. The van der Waals surface area contributed by atoms with Crippen LogP contribution in [0, 0.1) is 6.92 Å². The number of rotatable bonds is 7. The topological polar surface area (TPSA) is 66.5 Å². The summed E-state index contributed by atoms with van der Waals surface area (Å²) in [5.41, 5.74) is 2.15. The number of anilines is 1. The summed E-state index contributed by atoms with van der Waals surface area (Å²) in [7, 11) is -3.90. The minimum absolute atomic E-state index is 0.0498. The fourth-order valence-electron chi connectivity index (χ4n) is 2.81. The Balaban J connectivity index is 1.87. The number of hydrogen-bond acceptors (Lipinski definition) is 3. The zero-order chi connectivity index (χ0) is 21.7. The fourth-order valence-corrected chi connectivity index (χ4v) is 4.57. The molecule has 0 saturated heterocycles. The minimum atomic E-state index is -3.90. The maximum Gasteiger partial charge on any atom is 0.243 e. The lowest BCUT2D eigenvalue weighted by atomic mass is 10.1. The summed E-state index contributed by atoms with van der Waals surface area (Å²) in [4.78, 5) is 12.8. The zero-order valence-corrected chi connectivity index (χ0v) is 18.5. The van der Waals surface area contributed by atoms with E-state index in [1.165, 1.54) is 12.1 Å². The van der Waals surface area contributed by atoms with Gasteiger partial charge in [-0.3, -0.25) is 4.79 Å². The van der Waals surface area contributed by atoms with Crippen LogP contribution in [0.2, 0.25) is 10.0 Å². The summed E-state index contributed by atoms with van der Waals surface area (Å²) in [6.07, 6.45) is 0. The molecule has 0 aliphatic heterocycles. The van der Waals surface area contributed by atoms with E-state index >= 15 is 0 Å². The van der Waals surface area contributed by atoms with E-state index in [2.05, 4.69) is 5.32 Å². The minimum Gasteiger partial charge on any atom is -0.324 e. The third-order valence-electron chi connectivity index (χ3n) is 4.41. The standard InChI is InChI=1S/C22H20Cl2N2O3S/c1-16-10-12-17(13-11-16)14-26(30(28,29)18-6-3-2-4-7-18)15-21(27)25-20-9-5-8-19(23)22(20)24/h2-13H,14-15H2,1H3,(H,25,27). The maximum atomic E-state index is 13.2. The van der Waals surface area contributed by atoms with Crippen LogP contribution in [0.1, 0.15) is 11.1 Å². The summed E-state index contributed by atoms with van der Waals surface area (Å²) in [6, 6.07) is 20.3. The van der Waals surface area contributed by atoms with Crippen molar-refractivity contribution in [3.05, 3.63) is 94.0 Å². The summed E-state index contributed by atoms with van der Waals surface area (Å²) in [5, 5.41) is 3.13. The molecule has 156 valence electrons. The average Bonchev–Trinajstić information content (AvgIpc) is 2.73. The first-order chi connectivity index (χ1) is 14.3. The smallest absolute Gasteiger partial charge is 0.243 e. The molecule has 0 aliphatic carbocycles. The second-order valence-corrected chi connectivity index (χ2v) is 9.44. The monoisotopic (exact) mass is 462 g/mol. The van der Waals surface area contributed by atoms with Crippen LogP contribution < -0.4 is 5.32 Å². The largest absolute Gasteiger partial charge is 0.324 e. The highest BCUT2D eigenvalue weighted by Gasteiger charge is 2.27. The molecule has 3 aromatic rings. The number of benzene rings is 3. The molecule has 0 atom stereocenters. The predicted octanol–water partition coefficient (Wildman–Crippen LogP) is 5.13. The molecule has 0 radical (unpaired) electrons. The van der Waals surface area contributed by atoms with Crippen LogP contribution in [-0.4, -0.2) is 25.2 Å². The van der Waals surface area contributed by atoms with Crippen molar-refractivity contribution < 1.29 is 13.2 Å². The summed E-state index contributed by atoms with van der Waals surface area (Å²) < 4.78 is 27.6. The number of carbonyl (C=O) groups is 1. The van der Waals surface area contributed by atoms with Gasteiger partial charge in [0.15, 0.2) is 0 Å². The van der Waals surface area contributed by atoms with Gasteiger partial charge in [-0.05, 0) is 36.8 Å². The third-order valence-corrected chi connectivity index (χ3v) is 7.03. The number of nitrogens with zero attached hydrogens (tertiary/aromatic N) is 1. The number of amides is 1. The maximum absolute atomic E-state index is 13.2. The van der Waals surface area contributed by atoms with Gasteiger partial charge in [-0.25, -0.2) is 8.42 Å². The molecule has 0 aliphatic rings. The first-order valence-electron chi connectivity index (χ1n) is 9.12. The molecule has 30 heavy (non-hydrogen) atoms. The van der Waals surface area contributed by atoms with Crippen molar-refractivity contribution in [3.8, 4) is 0 Å².